The van der Waals surface area contributed by atoms with E-state index in [4.69, 9.17) is 9.72 Å². The van der Waals surface area contributed by atoms with E-state index in [1.807, 2.05) is 43.0 Å². The zero-order valence-electron chi connectivity index (χ0n) is 18.8. The van der Waals surface area contributed by atoms with Crippen LogP contribution in [0.25, 0.3) is 0 Å². The Morgan fingerprint density at radius 1 is 1.23 bits per heavy atom. The Hall–Kier alpha value is -2.51. The Bertz CT molecular complexity index is 911. The first-order valence-corrected chi connectivity index (χ1v) is 11.3. The smallest absolute Gasteiger partial charge is 0.236 e. The van der Waals surface area contributed by atoms with E-state index < -0.39 is 0 Å². The summed E-state index contributed by atoms with van der Waals surface area (Å²) in [6.07, 6.45) is 3.85. The first-order chi connectivity index (χ1) is 15.0. The second-order valence-corrected chi connectivity index (χ2v) is 8.87. The highest BCUT2D eigenvalue weighted by atomic mass is 16.5. The molecule has 0 aromatic carbocycles. The number of aryl methyl sites for hydroxylation is 2. The van der Waals surface area contributed by atoms with Crippen molar-refractivity contribution in [1.82, 2.24) is 19.8 Å². The minimum atomic E-state index is -0.145. The fourth-order valence-electron chi connectivity index (χ4n) is 4.26. The summed E-state index contributed by atoms with van der Waals surface area (Å²) in [5, 5.41) is 3.40. The number of nitrogens with one attached hydrogen (secondary N) is 1. The van der Waals surface area contributed by atoms with Crippen molar-refractivity contribution in [3.8, 4) is 0 Å². The number of anilines is 2. The van der Waals surface area contributed by atoms with E-state index in [-0.39, 0.29) is 12.0 Å². The number of ether oxygens (including phenoxy) is 1. The highest BCUT2D eigenvalue weighted by Gasteiger charge is 2.27. The van der Waals surface area contributed by atoms with Gasteiger partial charge in [0.15, 0.2) is 0 Å². The lowest BCUT2D eigenvalue weighted by molar-refractivity contribution is -0.135. The molecule has 1 amide bonds. The standard InChI is InChI=1S/C24H33N5O2/c1-17-6-9-29(10-7-17)23(30)16-28-11-12-31-22(15-28)21-14-20(13-19(3)26-21)27-24-18(2)5-4-8-25-24/h4-5,8,13-14,17,22H,6-7,9-12,15-16H2,1-3H3,(H,25,26,27). The predicted octanol–water partition coefficient (Wildman–Crippen LogP) is 3.47. The highest BCUT2D eigenvalue weighted by Crippen LogP contribution is 2.26. The molecule has 4 rings (SSSR count). The van der Waals surface area contributed by atoms with Crippen LogP contribution in [0.1, 0.15) is 42.8 Å². The van der Waals surface area contributed by atoms with Crippen molar-refractivity contribution in [1.29, 1.82) is 0 Å². The van der Waals surface area contributed by atoms with Gasteiger partial charge in [-0.2, -0.15) is 0 Å². The maximum absolute atomic E-state index is 12.8. The lowest BCUT2D eigenvalue weighted by Gasteiger charge is -2.35. The molecule has 0 saturated carbocycles. The van der Waals surface area contributed by atoms with E-state index in [0.29, 0.717) is 19.7 Å². The molecule has 0 aliphatic carbocycles. The summed E-state index contributed by atoms with van der Waals surface area (Å²) in [5.74, 6) is 1.80. The third-order valence-electron chi connectivity index (χ3n) is 6.22. The molecule has 0 spiro atoms. The van der Waals surface area contributed by atoms with Gasteiger partial charge in [0.1, 0.15) is 11.9 Å². The van der Waals surface area contributed by atoms with E-state index >= 15 is 0 Å². The molecule has 2 saturated heterocycles. The SMILES string of the molecule is Cc1cc(Nc2ncccc2C)cc(C2CN(CC(=O)N3CCC(C)CC3)CCO2)n1. The number of aromatic nitrogens is 2. The number of hydrogen-bond donors (Lipinski definition) is 1. The number of pyridine rings is 2. The zero-order chi connectivity index (χ0) is 21.8. The van der Waals surface area contributed by atoms with Gasteiger partial charge in [-0.15, -0.1) is 0 Å². The van der Waals surface area contributed by atoms with Crippen LogP contribution in [-0.2, 0) is 9.53 Å². The normalized spacial score (nSPS) is 20.6. The largest absolute Gasteiger partial charge is 0.369 e. The van der Waals surface area contributed by atoms with Gasteiger partial charge in [0.2, 0.25) is 5.91 Å². The van der Waals surface area contributed by atoms with Crippen molar-refractivity contribution in [2.45, 2.75) is 39.7 Å². The zero-order valence-corrected chi connectivity index (χ0v) is 18.8. The van der Waals surface area contributed by atoms with Gasteiger partial charge in [0, 0.05) is 43.8 Å². The van der Waals surface area contributed by atoms with Crippen molar-refractivity contribution in [3.05, 3.63) is 47.4 Å². The fraction of sp³-hybridized carbons (Fsp3) is 0.542. The monoisotopic (exact) mass is 423 g/mol. The summed E-state index contributed by atoms with van der Waals surface area (Å²) in [4.78, 5) is 26.1. The second-order valence-electron chi connectivity index (χ2n) is 8.87. The molecule has 2 aromatic heterocycles. The third-order valence-corrected chi connectivity index (χ3v) is 6.22. The number of morpholine rings is 1. The van der Waals surface area contributed by atoms with Crippen LogP contribution in [-0.4, -0.2) is 65.0 Å². The Morgan fingerprint density at radius 3 is 2.81 bits per heavy atom. The number of carbonyl (C=O) groups excluding carboxylic acids is 1. The van der Waals surface area contributed by atoms with Crippen LogP contribution >= 0.6 is 0 Å². The van der Waals surface area contributed by atoms with Crippen molar-refractivity contribution < 1.29 is 9.53 Å². The number of amides is 1. The lowest BCUT2D eigenvalue weighted by Crippen LogP contribution is -2.47. The van der Waals surface area contributed by atoms with Crippen LogP contribution in [0.3, 0.4) is 0 Å². The molecular formula is C24H33N5O2. The van der Waals surface area contributed by atoms with Crippen LogP contribution in [0.15, 0.2) is 30.5 Å². The predicted molar refractivity (Wildman–Crippen MR) is 121 cm³/mol. The molecular weight excluding hydrogens is 390 g/mol. The van der Waals surface area contributed by atoms with Gasteiger partial charge < -0.3 is 15.0 Å². The minimum Gasteiger partial charge on any atom is -0.369 e. The van der Waals surface area contributed by atoms with E-state index in [1.165, 1.54) is 0 Å². The van der Waals surface area contributed by atoms with Crippen molar-refractivity contribution in [2.24, 2.45) is 5.92 Å². The average molecular weight is 424 g/mol. The quantitative estimate of drug-likeness (QED) is 0.794. The summed E-state index contributed by atoms with van der Waals surface area (Å²) >= 11 is 0. The van der Waals surface area contributed by atoms with Gasteiger partial charge in [-0.1, -0.05) is 13.0 Å². The van der Waals surface area contributed by atoms with E-state index in [0.717, 1.165) is 66.9 Å². The Balaban J connectivity index is 1.41. The van der Waals surface area contributed by atoms with Crippen LogP contribution < -0.4 is 5.32 Å². The maximum Gasteiger partial charge on any atom is 0.236 e. The highest BCUT2D eigenvalue weighted by molar-refractivity contribution is 5.78. The maximum atomic E-state index is 12.8. The number of piperidine rings is 1. The van der Waals surface area contributed by atoms with E-state index in [9.17, 15) is 4.79 Å². The molecule has 0 bridgehead atoms. The van der Waals surface area contributed by atoms with Gasteiger partial charge in [0.05, 0.1) is 18.8 Å². The summed E-state index contributed by atoms with van der Waals surface area (Å²) in [6, 6.07) is 8.01. The molecule has 7 heteroatoms. The molecule has 2 aliphatic heterocycles. The number of likely N-dealkylation sites (tertiary alicyclic amines) is 1. The third kappa shape index (κ3) is 5.60. The molecule has 2 fully saturated rings. The topological polar surface area (TPSA) is 70.6 Å². The summed E-state index contributed by atoms with van der Waals surface area (Å²) < 4.78 is 6.05. The first-order valence-electron chi connectivity index (χ1n) is 11.3. The number of nitrogens with zero attached hydrogens (tertiary/aromatic N) is 4. The molecule has 4 heterocycles. The molecule has 166 valence electrons. The van der Waals surface area contributed by atoms with Gasteiger partial charge in [0.25, 0.3) is 0 Å². The van der Waals surface area contributed by atoms with Crippen molar-refractivity contribution in [3.63, 3.8) is 0 Å². The molecule has 31 heavy (non-hydrogen) atoms. The molecule has 7 nitrogen and oxygen atoms in total. The molecule has 0 radical (unpaired) electrons. The van der Waals surface area contributed by atoms with E-state index in [1.54, 1.807) is 6.20 Å². The number of hydrogen-bond acceptors (Lipinski definition) is 6. The van der Waals surface area contributed by atoms with Crippen LogP contribution in [0.5, 0.6) is 0 Å². The van der Waals surface area contributed by atoms with Gasteiger partial charge in [-0.25, -0.2) is 4.98 Å². The number of carbonyl (C=O) groups is 1. The van der Waals surface area contributed by atoms with Gasteiger partial charge in [-0.3, -0.25) is 14.7 Å². The van der Waals surface area contributed by atoms with Crippen molar-refractivity contribution in [2.75, 3.05) is 44.6 Å². The molecule has 2 aromatic rings. The second kappa shape index (κ2) is 9.75. The molecule has 2 aliphatic rings. The molecule has 1 N–H and O–H groups in total. The summed E-state index contributed by atoms with van der Waals surface area (Å²) in [6.45, 7) is 10.6. The van der Waals surface area contributed by atoms with Crippen molar-refractivity contribution >= 4 is 17.4 Å². The number of rotatable bonds is 5. The lowest BCUT2D eigenvalue weighted by atomic mass is 9.99. The minimum absolute atomic E-state index is 0.145. The first kappa shape index (κ1) is 21.7. The van der Waals surface area contributed by atoms with Gasteiger partial charge in [-0.05, 0) is 56.4 Å². The van der Waals surface area contributed by atoms with E-state index in [2.05, 4.69) is 22.1 Å². The Morgan fingerprint density at radius 2 is 2.03 bits per heavy atom. The average Bonchev–Trinajstić information content (AvgIpc) is 2.76. The van der Waals surface area contributed by atoms with Crippen LogP contribution in [0.2, 0.25) is 0 Å². The Labute approximate surface area is 184 Å². The Kier molecular flexibility index (Phi) is 6.83. The van der Waals surface area contributed by atoms with Crippen LogP contribution in [0.4, 0.5) is 11.5 Å². The summed E-state index contributed by atoms with van der Waals surface area (Å²) in [7, 11) is 0. The summed E-state index contributed by atoms with van der Waals surface area (Å²) in [5.41, 5.74) is 3.85. The van der Waals surface area contributed by atoms with Gasteiger partial charge >= 0.3 is 0 Å². The molecule has 1 unspecified atom stereocenters. The fourth-order valence-corrected chi connectivity index (χ4v) is 4.26. The molecule has 1 atom stereocenters. The van der Waals surface area contributed by atoms with Crippen LogP contribution in [0, 0.1) is 19.8 Å².